The van der Waals surface area contributed by atoms with E-state index < -0.39 is 27.8 Å². The van der Waals surface area contributed by atoms with Crippen LogP contribution in [-0.2, 0) is 26.2 Å². The number of aldehydes is 1. The highest BCUT2D eigenvalue weighted by Crippen LogP contribution is 2.62. The van der Waals surface area contributed by atoms with E-state index >= 15 is 8.42 Å². The number of hydrogen-bond donors (Lipinski definition) is 2. The number of carbonyl (C=O) groups is 1. The third-order valence-corrected chi connectivity index (χ3v) is 15.0. The minimum absolute atomic E-state index is 0.0186. The van der Waals surface area contributed by atoms with Crippen LogP contribution in [0.25, 0.3) is 10.9 Å². The van der Waals surface area contributed by atoms with Gasteiger partial charge in [0.15, 0.2) is 6.29 Å². The number of oxime groups is 1. The van der Waals surface area contributed by atoms with Crippen molar-refractivity contribution in [1.82, 2.24) is 9.29 Å². The van der Waals surface area contributed by atoms with Crippen LogP contribution in [-0.4, -0.2) is 85.7 Å². The van der Waals surface area contributed by atoms with Crippen molar-refractivity contribution in [2.24, 2.45) is 22.9 Å². The molecule has 1 aromatic heterocycles. The molecule has 0 radical (unpaired) electrons. The standard InChI is InChI=1S/C52H57N3O10S/c1-4-28-62-52-48(55(2)66(59,60)47-20-12-17-36-18-13-25-53-51(36)47)32-44(54-63-34-35-14-6-5-7-15-35)42-30-37(16-8-10-26-56)41(19-9-11-27-57)49(50(42)52)43-31-40(22-24-46(43)65-52)64-39-21-23-45(61-3)38(29-39)33-58/h4-7,12-15,17-18,20-25,29-31,33,37,41,48-50,56-57H,1,8-11,16,19,26-28,32,34H2,2-3H3. The molecule has 1 aliphatic heterocycles. The van der Waals surface area contributed by atoms with Crippen molar-refractivity contribution in [3.05, 3.63) is 144 Å². The van der Waals surface area contributed by atoms with Crippen LogP contribution in [0.2, 0.25) is 0 Å². The second kappa shape index (κ2) is 20.7. The molecule has 5 aromatic rings. The molecular formula is C52H57N3O10S. The van der Waals surface area contributed by atoms with Gasteiger partial charge in [-0.25, -0.2) is 8.42 Å². The number of rotatable bonds is 21. The SMILES string of the molecule is C=CCOC12Oc3ccc(Oc4ccc(OC)c(C=O)c4)cc3C3C(CCCCO)C(CCCCO)C=C(C(=NOCc4ccccc4)CC1N(C)S(=O)(=O)c1cccc4cccnc14)C32. The van der Waals surface area contributed by atoms with Gasteiger partial charge in [0, 0.05) is 49.7 Å². The Balaban J connectivity index is 1.34. The molecule has 346 valence electrons. The minimum atomic E-state index is -4.31. The number of allylic oxidation sites excluding steroid dienone is 1. The zero-order chi connectivity index (χ0) is 46.3. The van der Waals surface area contributed by atoms with Crippen molar-refractivity contribution >= 4 is 32.9 Å². The highest BCUT2D eigenvalue weighted by Gasteiger charge is 2.65. The molecule has 14 heteroatoms. The number of aromatic nitrogens is 1. The normalized spacial score (nSPS) is 22.8. The summed E-state index contributed by atoms with van der Waals surface area (Å²) in [4.78, 5) is 22.7. The third-order valence-electron chi connectivity index (χ3n) is 13.1. The Hall–Kier alpha value is -5.90. The zero-order valence-corrected chi connectivity index (χ0v) is 38.1. The number of aliphatic hydroxyl groups excluding tert-OH is 2. The van der Waals surface area contributed by atoms with E-state index in [0.717, 1.165) is 48.7 Å². The van der Waals surface area contributed by atoms with Gasteiger partial charge in [-0.3, -0.25) is 9.78 Å². The van der Waals surface area contributed by atoms with Gasteiger partial charge in [-0.05, 0) is 97.2 Å². The molecule has 3 aliphatic rings. The number of likely N-dealkylation sites (N-methyl/N-ethyl adjacent to an activating group) is 1. The molecule has 66 heavy (non-hydrogen) atoms. The number of hydrogen-bond acceptors (Lipinski definition) is 12. The Morgan fingerprint density at radius 1 is 0.939 bits per heavy atom. The number of unbranched alkanes of at least 4 members (excludes halogenated alkanes) is 2. The summed E-state index contributed by atoms with van der Waals surface area (Å²) >= 11 is 0. The first-order valence-electron chi connectivity index (χ1n) is 22.5. The Bertz CT molecular complexity index is 2690. The van der Waals surface area contributed by atoms with Crippen molar-refractivity contribution in [2.45, 2.75) is 74.2 Å². The van der Waals surface area contributed by atoms with Crippen LogP contribution in [0.1, 0.15) is 72.3 Å². The van der Waals surface area contributed by atoms with E-state index in [1.807, 2.05) is 54.6 Å². The summed E-state index contributed by atoms with van der Waals surface area (Å²) in [6.45, 7) is 4.33. The van der Waals surface area contributed by atoms with Crippen molar-refractivity contribution < 1.29 is 47.2 Å². The van der Waals surface area contributed by atoms with E-state index in [1.54, 1.807) is 61.8 Å². The van der Waals surface area contributed by atoms with E-state index in [-0.39, 0.29) is 55.5 Å². The summed E-state index contributed by atoms with van der Waals surface area (Å²) in [5.41, 5.74) is 3.84. The van der Waals surface area contributed by atoms with E-state index in [1.165, 1.54) is 11.4 Å². The predicted molar refractivity (Wildman–Crippen MR) is 251 cm³/mol. The van der Waals surface area contributed by atoms with Crippen LogP contribution in [0, 0.1) is 17.8 Å². The molecule has 2 N–H and O–H groups in total. The van der Waals surface area contributed by atoms with Gasteiger partial charge in [0.1, 0.15) is 34.5 Å². The van der Waals surface area contributed by atoms with E-state index in [2.05, 4.69) is 17.6 Å². The van der Waals surface area contributed by atoms with Gasteiger partial charge in [0.2, 0.25) is 15.8 Å². The van der Waals surface area contributed by atoms with Crippen LogP contribution in [0.3, 0.4) is 0 Å². The largest absolute Gasteiger partial charge is 0.496 e. The number of ether oxygens (including phenoxy) is 4. The van der Waals surface area contributed by atoms with Crippen molar-refractivity contribution in [3.63, 3.8) is 0 Å². The highest BCUT2D eigenvalue weighted by molar-refractivity contribution is 7.89. The number of benzene rings is 4. The van der Waals surface area contributed by atoms with Gasteiger partial charge in [-0.2, -0.15) is 4.31 Å². The maximum Gasteiger partial charge on any atom is 0.245 e. The molecule has 0 saturated heterocycles. The summed E-state index contributed by atoms with van der Waals surface area (Å²) in [6, 6.07) is 28.1. The number of fused-ring (bicyclic) bond motifs is 3. The summed E-state index contributed by atoms with van der Waals surface area (Å²) in [7, 11) is -1.25. The van der Waals surface area contributed by atoms with Gasteiger partial charge >= 0.3 is 0 Å². The molecular weight excluding hydrogens is 859 g/mol. The molecule has 6 unspecified atom stereocenters. The zero-order valence-electron chi connectivity index (χ0n) is 37.3. The maximum atomic E-state index is 15.3. The molecule has 1 fully saturated rings. The first-order chi connectivity index (χ1) is 32.2. The Labute approximate surface area is 386 Å². The molecule has 13 nitrogen and oxygen atoms in total. The molecule has 0 bridgehead atoms. The van der Waals surface area contributed by atoms with Crippen LogP contribution in [0.15, 0.2) is 138 Å². The fourth-order valence-electron chi connectivity index (χ4n) is 10.1. The molecule has 8 rings (SSSR count). The molecule has 6 atom stereocenters. The van der Waals surface area contributed by atoms with Gasteiger partial charge in [-0.1, -0.05) is 78.7 Å². The second-order valence-corrected chi connectivity index (χ2v) is 19.0. The number of pyridine rings is 1. The molecule has 4 aromatic carbocycles. The highest BCUT2D eigenvalue weighted by atomic mass is 32.2. The molecule has 2 aliphatic carbocycles. The monoisotopic (exact) mass is 915 g/mol. The fourth-order valence-corrected chi connectivity index (χ4v) is 11.7. The smallest absolute Gasteiger partial charge is 0.245 e. The average molecular weight is 916 g/mol. The summed E-state index contributed by atoms with van der Waals surface area (Å²) in [6.07, 6.45) is 10.4. The lowest BCUT2D eigenvalue weighted by Crippen LogP contribution is -2.69. The number of methoxy groups -OCH3 is 1. The first-order valence-corrected chi connectivity index (χ1v) is 24.0. The van der Waals surface area contributed by atoms with Gasteiger partial charge in [-0.15, -0.1) is 6.58 Å². The van der Waals surface area contributed by atoms with Crippen molar-refractivity contribution in [1.29, 1.82) is 0 Å². The predicted octanol–water partition coefficient (Wildman–Crippen LogP) is 9.00. The molecule has 1 saturated carbocycles. The average Bonchev–Trinajstić information content (AvgIpc) is 3.34. The molecule has 2 heterocycles. The summed E-state index contributed by atoms with van der Waals surface area (Å²) in [5, 5.41) is 25.5. The van der Waals surface area contributed by atoms with E-state index in [0.29, 0.717) is 58.0 Å². The van der Waals surface area contributed by atoms with Gasteiger partial charge < -0.3 is 34.0 Å². The lowest BCUT2D eigenvalue weighted by atomic mass is 9.55. The third kappa shape index (κ3) is 9.25. The minimum Gasteiger partial charge on any atom is -0.496 e. The summed E-state index contributed by atoms with van der Waals surface area (Å²) < 4.78 is 58.0. The number of para-hydroxylation sites is 1. The molecule has 0 amide bonds. The van der Waals surface area contributed by atoms with E-state index in [4.69, 9.17) is 28.9 Å². The van der Waals surface area contributed by atoms with Gasteiger partial charge in [0.25, 0.3) is 0 Å². The lowest BCUT2D eigenvalue weighted by molar-refractivity contribution is -0.250. The number of sulfonamides is 1. The van der Waals surface area contributed by atoms with E-state index in [9.17, 15) is 15.0 Å². The lowest BCUT2D eigenvalue weighted by Gasteiger charge is -2.59. The maximum absolute atomic E-state index is 15.3. The molecule has 0 spiro atoms. The fraction of sp³-hybridized carbons (Fsp3) is 0.365. The number of nitrogens with zero attached hydrogens (tertiary/aromatic N) is 3. The van der Waals surface area contributed by atoms with Crippen LogP contribution >= 0.6 is 0 Å². The topological polar surface area (TPSA) is 166 Å². The van der Waals surface area contributed by atoms with Crippen LogP contribution in [0.4, 0.5) is 0 Å². The summed E-state index contributed by atoms with van der Waals surface area (Å²) in [5.74, 6) is -0.859. The quantitative estimate of drug-likeness (QED) is 0.0312. The Morgan fingerprint density at radius 3 is 2.45 bits per heavy atom. The number of carbonyl (C=O) groups excluding carboxylic acids is 1. The van der Waals surface area contributed by atoms with Crippen molar-refractivity contribution in [2.75, 3.05) is 34.0 Å². The van der Waals surface area contributed by atoms with Gasteiger partial charge in [0.05, 0.1) is 42.5 Å². The van der Waals surface area contributed by atoms with Crippen LogP contribution < -0.4 is 14.2 Å². The number of aliphatic hydroxyl groups is 2. The van der Waals surface area contributed by atoms with Crippen LogP contribution in [0.5, 0.6) is 23.0 Å². The van der Waals surface area contributed by atoms with Crippen molar-refractivity contribution in [3.8, 4) is 23.0 Å². The Morgan fingerprint density at radius 2 is 1.70 bits per heavy atom. The second-order valence-electron chi connectivity index (χ2n) is 17.0. The first kappa shape index (κ1) is 46.6. The Kier molecular flexibility index (Phi) is 14.6.